The van der Waals surface area contributed by atoms with E-state index in [0.29, 0.717) is 22.0 Å². The van der Waals surface area contributed by atoms with Crippen molar-refractivity contribution in [2.75, 3.05) is 25.6 Å². The molecule has 1 unspecified atom stereocenters. The van der Waals surface area contributed by atoms with Gasteiger partial charge in [0.2, 0.25) is 0 Å². The Morgan fingerprint density at radius 2 is 2.40 bits per heavy atom. The molecule has 0 radical (unpaired) electrons. The molecule has 0 aliphatic carbocycles. The second kappa shape index (κ2) is 6.22. The van der Waals surface area contributed by atoms with E-state index in [4.69, 9.17) is 16.3 Å². The molecule has 0 spiro atoms. The van der Waals surface area contributed by atoms with E-state index in [1.54, 1.807) is 0 Å². The Kier molecular flexibility index (Phi) is 5.24. The Morgan fingerprint density at radius 3 is 3.07 bits per heavy atom. The van der Waals surface area contributed by atoms with E-state index in [1.807, 2.05) is 0 Å². The molecule has 0 saturated carbocycles. The van der Waals surface area contributed by atoms with Crippen molar-refractivity contribution in [2.45, 2.75) is 6.10 Å². The van der Waals surface area contributed by atoms with Crippen LogP contribution in [0.15, 0.2) is 10.8 Å². The predicted molar refractivity (Wildman–Crippen MR) is 61.1 cm³/mol. The fourth-order valence-electron chi connectivity index (χ4n) is 0.937. The monoisotopic (exact) mass is 295 g/mol. The summed E-state index contributed by atoms with van der Waals surface area (Å²) in [4.78, 5) is 7.75. The van der Waals surface area contributed by atoms with Crippen molar-refractivity contribution in [3.63, 3.8) is 0 Å². The Labute approximate surface area is 101 Å². The molecule has 1 rings (SSSR count). The molecule has 0 amide bonds. The van der Waals surface area contributed by atoms with Gasteiger partial charge in [0.1, 0.15) is 17.3 Å². The second-order valence-corrected chi connectivity index (χ2v) is 3.97. The largest absolute Gasteiger partial charge is 0.389 e. The number of rotatable bonds is 5. The number of hydrogen-bond acceptors (Lipinski definition) is 5. The molecule has 0 fully saturated rings. The zero-order chi connectivity index (χ0) is 11.3. The molecule has 7 heteroatoms. The summed E-state index contributed by atoms with van der Waals surface area (Å²) >= 11 is 9.00. The lowest BCUT2D eigenvalue weighted by molar-refractivity contribution is 0.0727. The van der Waals surface area contributed by atoms with Crippen LogP contribution in [0.1, 0.15) is 0 Å². The van der Waals surface area contributed by atoms with E-state index in [-0.39, 0.29) is 6.61 Å². The number of hydrogen-bond donors (Lipinski definition) is 2. The molecular weight excluding hydrogens is 285 g/mol. The molecule has 1 aromatic heterocycles. The molecule has 84 valence electrons. The molecular formula is C8H11BrClN3O2. The molecule has 0 aliphatic heterocycles. The van der Waals surface area contributed by atoms with E-state index in [1.165, 1.54) is 13.4 Å². The van der Waals surface area contributed by atoms with Gasteiger partial charge in [-0.25, -0.2) is 9.97 Å². The van der Waals surface area contributed by atoms with Crippen LogP contribution in [0, 0.1) is 0 Å². The number of nitrogens with zero attached hydrogens (tertiary/aromatic N) is 2. The highest BCUT2D eigenvalue weighted by Gasteiger charge is 2.08. The number of aliphatic hydroxyl groups is 1. The minimum Gasteiger partial charge on any atom is -0.389 e. The van der Waals surface area contributed by atoms with Crippen molar-refractivity contribution in [1.29, 1.82) is 0 Å². The van der Waals surface area contributed by atoms with Gasteiger partial charge in [0.15, 0.2) is 0 Å². The van der Waals surface area contributed by atoms with Crippen LogP contribution >= 0.6 is 27.5 Å². The molecule has 0 aromatic carbocycles. The van der Waals surface area contributed by atoms with Gasteiger partial charge in [-0.15, -0.1) is 0 Å². The predicted octanol–water partition coefficient (Wildman–Crippen LogP) is 1.31. The second-order valence-electron chi connectivity index (χ2n) is 2.82. The summed E-state index contributed by atoms with van der Waals surface area (Å²) in [5.74, 6) is 0.546. The van der Waals surface area contributed by atoms with Gasteiger partial charge in [0.25, 0.3) is 0 Å². The lowest BCUT2D eigenvalue weighted by Gasteiger charge is -2.12. The number of ether oxygens (including phenoxy) is 1. The van der Waals surface area contributed by atoms with Crippen LogP contribution in [0.5, 0.6) is 0 Å². The van der Waals surface area contributed by atoms with Gasteiger partial charge in [-0.05, 0) is 15.9 Å². The Hall–Kier alpha value is -0.430. The standard InChI is InChI=1S/C8H11BrClN3O2/c1-15-3-5(14)2-11-8-6(9)7(10)12-4-13-8/h4-5,14H,2-3H2,1H3,(H,11,12,13). The number of aromatic nitrogens is 2. The van der Waals surface area contributed by atoms with Crippen LogP contribution in [0.3, 0.4) is 0 Å². The normalized spacial score (nSPS) is 12.5. The third-order valence-electron chi connectivity index (χ3n) is 1.61. The maximum absolute atomic E-state index is 9.39. The quantitative estimate of drug-likeness (QED) is 0.802. The van der Waals surface area contributed by atoms with Crippen molar-refractivity contribution in [1.82, 2.24) is 9.97 Å². The maximum Gasteiger partial charge on any atom is 0.148 e. The van der Waals surface area contributed by atoms with Gasteiger partial charge in [-0.1, -0.05) is 11.6 Å². The third-order valence-corrected chi connectivity index (χ3v) is 2.88. The van der Waals surface area contributed by atoms with Gasteiger partial charge in [0.05, 0.1) is 17.2 Å². The van der Waals surface area contributed by atoms with Crippen LogP contribution in [0.25, 0.3) is 0 Å². The van der Waals surface area contributed by atoms with Gasteiger partial charge < -0.3 is 15.2 Å². The summed E-state index contributed by atoms with van der Waals surface area (Å²) in [6.45, 7) is 0.600. The summed E-state index contributed by atoms with van der Waals surface area (Å²) in [6.07, 6.45) is 0.758. The van der Waals surface area contributed by atoms with Gasteiger partial charge in [-0.2, -0.15) is 0 Å². The first kappa shape index (κ1) is 12.6. The molecule has 0 bridgehead atoms. The summed E-state index contributed by atoms with van der Waals surface area (Å²) in [5, 5.41) is 12.6. The van der Waals surface area contributed by atoms with Crippen LogP contribution in [0.2, 0.25) is 5.15 Å². The molecule has 1 aromatic rings. The first-order chi connectivity index (χ1) is 7.15. The molecule has 0 aliphatic rings. The van der Waals surface area contributed by atoms with Crippen molar-refractivity contribution < 1.29 is 9.84 Å². The lowest BCUT2D eigenvalue weighted by Crippen LogP contribution is -2.24. The summed E-state index contributed by atoms with van der Waals surface area (Å²) in [5.41, 5.74) is 0. The van der Waals surface area contributed by atoms with Crippen molar-refractivity contribution >= 4 is 33.3 Å². The Morgan fingerprint density at radius 1 is 1.67 bits per heavy atom. The molecule has 1 heterocycles. The Bertz CT molecular complexity index is 327. The molecule has 0 saturated heterocycles. The van der Waals surface area contributed by atoms with Crippen molar-refractivity contribution in [3.05, 3.63) is 16.0 Å². The number of aliphatic hydroxyl groups excluding tert-OH is 1. The number of halogens is 2. The third kappa shape index (κ3) is 3.90. The van der Waals surface area contributed by atoms with Gasteiger partial charge >= 0.3 is 0 Å². The molecule has 1 atom stereocenters. The first-order valence-corrected chi connectivity index (χ1v) is 5.39. The maximum atomic E-state index is 9.39. The average Bonchev–Trinajstić information content (AvgIpc) is 2.21. The minimum atomic E-state index is -0.587. The highest BCUT2D eigenvalue weighted by atomic mass is 79.9. The number of nitrogens with one attached hydrogen (secondary N) is 1. The zero-order valence-corrected chi connectivity index (χ0v) is 10.4. The SMILES string of the molecule is COCC(O)CNc1ncnc(Cl)c1Br. The fraction of sp³-hybridized carbons (Fsp3) is 0.500. The molecule has 5 nitrogen and oxygen atoms in total. The van der Waals surface area contributed by atoms with E-state index < -0.39 is 6.10 Å². The van der Waals surface area contributed by atoms with E-state index in [9.17, 15) is 5.11 Å². The average molecular weight is 297 g/mol. The van der Waals surface area contributed by atoms with Gasteiger partial charge in [0, 0.05) is 13.7 Å². The van der Waals surface area contributed by atoms with E-state index >= 15 is 0 Å². The Balaban J connectivity index is 2.54. The van der Waals surface area contributed by atoms with E-state index in [0.717, 1.165) is 0 Å². The van der Waals surface area contributed by atoms with Gasteiger partial charge in [-0.3, -0.25) is 0 Å². The topological polar surface area (TPSA) is 67.3 Å². The number of anilines is 1. The van der Waals surface area contributed by atoms with Crippen LogP contribution in [-0.4, -0.2) is 41.4 Å². The highest BCUT2D eigenvalue weighted by molar-refractivity contribution is 9.10. The summed E-state index contributed by atoms with van der Waals surface area (Å²) in [7, 11) is 1.53. The fourth-order valence-corrected chi connectivity index (χ4v) is 1.42. The minimum absolute atomic E-state index is 0.267. The van der Waals surface area contributed by atoms with E-state index in [2.05, 4.69) is 31.2 Å². The van der Waals surface area contributed by atoms with Crippen LogP contribution < -0.4 is 5.32 Å². The van der Waals surface area contributed by atoms with Crippen molar-refractivity contribution in [2.24, 2.45) is 0 Å². The van der Waals surface area contributed by atoms with Crippen molar-refractivity contribution in [3.8, 4) is 0 Å². The number of methoxy groups -OCH3 is 1. The highest BCUT2D eigenvalue weighted by Crippen LogP contribution is 2.25. The zero-order valence-electron chi connectivity index (χ0n) is 8.07. The lowest BCUT2D eigenvalue weighted by atomic mass is 10.4. The smallest absolute Gasteiger partial charge is 0.148 e. The summed E-state index contributed by atoms with van der Waals surface area (Å²) in [6, 6.07) is 0. The summed E-state index contributed by atoms with van der Waals surface area (Å²) < 4.78 is 5.37. The van der Waals surface area contributed by atoms with Crippen LogP contribution in [-0.2, 0) is 4.74 Å². The molecule has 15 heavy (non-hydrogen) atoms. The van der Waals surface area contributed by atoms with Crippen LogP contribution in [0.4, 0.5) is 5.82 Å². The molecule has 2 N–H and O–H groups in total. The first-order valence-electron chi connectivity index (χ1n) is 4.22.